The van der Waals surface area contributed by atoms with E-state index < -0.39 is 0 Å². The Morgan fingerprint density at radius 2 is 1.33 bits per heavy atom. The van der Waals surface area contributed by atoms with Crippen LogP contribution in [0.5, 0.6) is 0 Å². The van der Waals surface area contributed by atoms with Gasteiger partial charge >= 0.3 is 0 Å². The van der Waals surface area contributed by atoms with Crippen LogP contribution in [-0.2, 0) is 12.8 Å². The van der Waals surface area contributed by atoms with Crippen LogP contribution in [0.25, 0.3) is 0 Å². The zero-order valence-corrected chi connectivity index (χ0v) is 13.7. The van der Waals surface area contributed by atoms with Crippen LogP contribution in [0, 0.1) is 26.7 Å². The number of hydrogen-bond acceptors (Lipinski definition) is 1. The quantitative estimate of drug-likeness (QED) is 0.835. The van der Waals surface area contributed by atoms with Crippen LogP contribution in [0.1, 0.15) is 27.8 Å². The molecule has 2 aromatic rings. The molecule has 0 amide bonds. The lowest BCUT2D eigenvalue weighted by Gasteiger charge is -2.18. The van der Waals surface area contributed by atoms with Crippen molar-refractivity contribution in [3.05, 3.63) is 70.3 Å². The van der Waals surface area contributed by atoms with E-state index in [0.717, 1.165) is 19.4 Å². The summed E-state index contributed by atoms with van der Waals surface area (Å²) in [6.45, 7) is 7.57. The van der Waals surface area contributed by atoms with E-state index in [0.29, 0.717) is 5.92 Å². The van der Waals surface area contributed by atoms with E-state index in [2.05, 4.69) is 68.6 Å². The van der Waals surface area contributed by atoms with Crippen molar-refractivity contribution in [1.82, 2.24) is 5.32 Å². The second-order valence-electron chi connectivity index (χ2n) is 6.31. The third kappa shape index (κ3) is 5.02. The zero-order valence-electron chi connectivity index (χ0n) is 13.7. The molecule has 0 aliphatic rings. The number of aryl methyl sites for hydroxylation is 3. The highest BCUT2D eigenvalue weighted by molar-refractivity contribution is 5.29. The van der Waals surface area contributed by atoms with Crippen molar-refractivity contribution < 1.29 is 0 Å². The van der Waals surface area contributed by atoms with Crippen LogP contribution < -0.4 is 5.32 Å². The molecule has 1 unspecified atom stereocenters. The summed E-state index contributed by atoms with van der Waals surface area (Å²) in [5, 5.41) is 3.35. The monoisotopic (exact) mass is 281 g/mol. The van der Waals surface area contributed by atoms with Crippen molar-refractivity contribution in [2.45, 2.75) is 33.6 Å². The summed E-state index contributed by atoms with van der Waals surface area (Å²) in [7, 11) is 2.05. The summed E-state index contributed by atoms with van der Waals surface area (Å²) in [5.74, 6) is 0.638. The molecule has 0 aliphatic heterocycles. The maximum absolute atomic E-state index is 3.35. The molecule has 0 aliphatic carbocycles. The Kier molecular flexibility index (Phi) is 5.58. The van der Waals surface area contributed by atoms with Crippen molar-refractivity contribution in [2.75, 3.05) is 13.6 Å². The van der Waals surface area contributed by atoms with Crippen LogP contribution in [0.3, 0.4) is 0 Å². The first-order chi connectivity index (χ1) is 10.1. The van der Waals surface area contributed by atoms with Crippen molar-refractivity contribution in [3.8, 4) is 0 Å². The van der Waals surface area contributed by atoms with Gasteiger partial charge in [0.1, 0.15) is 0 Å². The number of rotatable bonds is 6. The largest absolute Gasteiger partial charge is 0.319 e. The molecular weight excluding hydrogens is 254 g/mol. The lowest BCUT2D eigenvalue weighted by atomic mass is 9.91. The van der Waals surface area contributed by atoms with Gasteiger partial charge < -0.3 is 5.32 Å². The summed E-state index contributed by atoms with van der Waals surface area (Å²) in [4.78, 5) is 0. The average Bonchev–Trinajstić information content (AvgIpc) is 2.40. The maximum atomic E-state index is 3.35. The highest BCUT2D eigenvalue weighted by Gasteiger charge is 2.11. The maximum Gasteiger partial charge on any atom is -0.00172 e. The Balaban J connectivity index is 2.09. The fraction of sp³-hybridized carbons (Fsp3) is 0.400. The van der Waals surface area contributed by atoms with Crippen LogP contribution in [0.2, 0.25) is 0 Å². The highest BCUT2D eigenvalue weighted by atomic mass is 14.8. The standard InChI is InChI=1S/C20H27N/c1-15-5-7-18(8-6-15)12-20(14-21-4)13-19-10-16(2)9-17(3)11-19/h5-11,20-21H,12-14H2,1-4H3. The van der Waals surface area contributed by atoms with Crippen LogP contribution >= 0.6 is 0 Å². The van der Waals surface area contributed by atoms with Crippen molar-refractivity contribution in [2.24, 2.45) is 5.92 Å². The molecule has 2 rings (SSSR count). The van der Waals surface area contributed by atoms with Gasteiger partial charge in [0, 0.05) is 0 Å². The van der Waals surface area contributed by atoms with Gasteiger partial charge in [-0.05, 0) is 64.3 Å². The molecule has 1 N–H and O–H groups in total. The number of benzene rings is 2. The fourth-order valence-electron chi connectivity index (χ4n) is 3.08. The van der Waals surface area contributed by atoms with Gasteiger partial charge in [-0.3, -0.25) is 0 Å². The molecule has 112 valence electrons. The minimum absolute atomic E-state index is 0.638. The molecule has 0 saturated heterocycles. The second kappa shape index (κ2) is 7.42. The van der Waals surface area contributed by atoms with Crippen LogP contribution in [0.15, 0.2) is 42.5 Å². The normalized spacial score (nSPS) is 12.4. The summed E-state index contributed by atoms with van der Waals surface area (Å²) >= 11 is 0. The molecule has 0 fully saturated rings. The molecule has 0 heterocycles. The van der Waals surface area contributed by atoms with Gasteiger partial charge in [-0.25, -0.2) is 0 Å². The fourth-order valence-corrected chi connectivity index (χ4v) is 3.08. The topological polar surface area (TPSA) is 12.0 Å². The van der Waals surface area contributed by atoms with E-state index in [1.807, 2.05) is 7.05 Å². The van der Waals surface area contributed by atoms with Gasteiger partial charge in [-0.15, -0.1) is 0 Å². The summed E-state index contributed by atoms with van der Waals surface area (Å²) in [6.07, 6.45) is 2.27. The Bertz CT molecular complexity index is 549. The van der Waals surface area contributed by atoms with E-state index in [-0.39, 0.29) is 0 Å². The summed E-state index contributed by atoms with van der Waals surface area (Å²) < 4.78 is 0. The minimum Gasteiger partial charge on any atom is -0.319 e. The Labute approximate surface area is 129 Å². The SMILES string of the molecule is CNCC(Cc1ccc(C)cc1)Cc1cc(C)cc(C)c1. The molecular formula is C20H27N. The lowest BCUT2D eigenvalue weighted by Crippen LogP contribution is -2.22. The Hall–Kier alpha value is -1.60. The van der Waals surface area contributed by atoms with Gasteiger partial charge in [0.25, 0.3) is 0 Å². The van der Waals surface area contributed by atoms with Crippen molar-refractivity contribution in [1.29, 1.82) is 0 Å². The first-order valence-electron chi connectivity index (χ1n) is 7.84. The highest BCUT2D eigenvalue weighted by Crippen LogP contribution is 2.17. The molecule has 21 heavy (non-hydrogen) atoms. The van der Waals surface area contributed by atoms with Crippen molar-refractivity contribution in [3.63, 3.8) is 0 Å². The summed E-state index contributed by atoms with van der Waals surface area (Å²) in [5.41, 5.74) is 6.95. The Morgan fingerprint density at radius 1 is 0.762 bits per heavy atom. The van der Waals surface area contributed by atoms with Gasteiger partial charge in [0.2, 0.25) is 0 Å². The molecule has 1 atom stereocenters. The Morgan fingerprint density at radius 3 is 1.90 bits per heavy atom. The molecule has 0 spiro atoms. The van der Waals surface area contributed by atoms with Gasteiger partial charge in [-0.1, -0.05) is 59.2 Å². The third-order valence-electron chi connectivity index (χ3n) is 3.94. The van der Waals surface area contributed by atoms with Gasteiger partial charge in [0.05, 0.1) is 0 Å². The molecule has 1 nitrogen and oxygen atoms in total. The first-order valence-corrected chi connectivity index (χ1v) is 7.84. The van der Waals surface area contributed by atoms with E-state index >= 15 is 0 Å². The van der Waals surface area contributed by atoms with Gasteiger partial charge in [0.15, 0.2) is 0 Å². The third-order valence-corrected chi connectivity index (χ3v) is 3.94. The lowest BCUT2D eigenvalue weighted by molar-refractivity contribution is 0.493. The predicted molar refractivity (Wildman–Crippen MR) is 91.9 cm³/mol. The van der Waals surface area contributed by atoms with E-state index in [9.17, 15) is 0 Å². The molecule has 0 bridgehead atoms. The molecule has 0 radical (unpaired) electrons. The smallest absolute Gasteiger partial charge is 0.00172 e. The van der Waals surface area contributed by atoms with E-state index in [4.69, 9.17) is 0 Å². The van der Waals surface area contributed by atoms with Crippen LogP contribution in [0.4, 0.5) is 0 Å². The molecule has 0 saturated carbocycles. The van der Waals surface area contributed by atoms with Gasteiger partial charge in [-0.2, -0.15) is 0 Å². The minimum atomic E-state index is 0.638. The predicted octanol–water partition coefficient (Wildman–Crippen LogP) is 4.23. The van der Waals surface area contributed by atoms with Crippen molar-refractivity contribution >= 4 is 0 Å². The number of nitrogens with one attached hydrogen (secondary N) is 1. The second-order valence-corrected chi connectivity index (χ2v) is 6.31. The number of hydrogen-bond donors (Lipinski definition) is 1. The first kappa shape index (κ1) is 15.8. The molecule has 2 aromatic carbocycles. The molecule has 1 heteroatoms. The summed E-state index contributed by atoms with van der Waals surface area (Å²) in [6, 6.07) is 15.8. The zero-order chi connectivity index (χ0) is 15.2. The van der Waals surface area contributed by atoms with Crippen LogP contribution in [-0.4, -0.2) is 13.6 Å². The average molecular weight is 281 g/mol. The molecule has 0 aromatic heterocycles. The van der Waals surface area contributed by atoms with E-state index in [1.165, 1.54) is 27.8 Å². The van der Waals surface area contributed by atoms with E-state index in [1.54, 1.807) is 0 Å².